The number of carbonyl (C=O) groups is 1. The molecule has 1 amide bonds. The van der Waals surface area contributed by atoms with Crippen molar-refractivity contribution in [3.63, 3.8) is 0 Å². The van der Waals surface area contributed by atoms with Crippen LogP contribution >= 0.6 is 22.9 Å². The lowest BCUT2D eigenvalue weighted by Crippen LogP contribution is -2.11. The lowest BCUT2D eigenvalue weighted by Gasteiger charge is -2.03. The fourth-order valence-corrected chi connectivity index (χ4v) is 2.63. The zero-order valence-corrected chi connectivity index (χ0v) is 12.1. The second-order valence-corrected chi connectivity index (χ2v) is 5.44. The predicted molar refractivity (Wildman–Crippen MR) is 77.0 cm³/mol. The first-order valence-electron chi connectivity index (χ1n) is 5.62. The number of nitrogens with zero attached hydrogens (tertiary/aromatic N) is 1. The number of aryl methyl sites for hydroxylation is 1. The van der Waals surface area contributed by atoms with Gasteiger partial charge in [0.15, 0.2) is 0 Å². The smallest absolute Gasteiger partial charge is 0.267 e. The molecule has 0 unspecified atom stereocenters. The Hall–Kier alpha value is -1.43. The fraction of sp³-hybridized carbons (Fsp3) is 0.231. The van der Waals surface area contributed by atoms with Gasteiger partial charge in [-0.2, -0.15) is 0 Å². The molecular weight excluding hydrogens is 284 g/mol. The van der Waals surface area contributed by atoms with Gasteiger partial charge in [-0.1, -0.05) is 11.6 Å². The molecule has 100 valence electrons. The molecule has 6 heteroatoms. The number of methoxy groups -OCH3 is 1. The molecule has 2 rings (SSSR count). The summed E-state index contributed by atoms with van der Waals surface area (Å²) in [6.07, 6.45) is 0. The number of halogens is 1. The lowest BCUT2D eigenvalue weighted by atomic mass is 10.3. The molecule has 0 atom stereocenters. The van der Waals surface area contributed by atoms with Crippen LogP contribution in [0.3, 0.4) is 0 Å². The van der Waals surface area contributed by atoms with Gasteiger partial charge >= 0.3 is 0 Å². The maximum Gasteiger partial charge on any atom is 0.267 e. The van der Waals surface area contributed by atoms with Gasteiger partial charge in [-0.25, -0.2) is 4.98 Å². The number of rotatable bonds is 4. The van der Waals surface area contributed by atoms with Crippen LogP contribution in [0.4, 0.5) is 5.69 Å². The molecular formula is C13H13ClN2O2S. The van der Waals surface area contributed by atoms with Crippen molar-refractivity contribution in [1.29, 1.82) is 0 Å². The highest BCUT2D eigenvalue weighted by Gasteiger charge is 2.15. The Kier molecular flexibility index (Phi) is 4.52. The molecule has 0 spiro atoms. The van der Waals surface area contributed by atoms with Crippen molar-refractivity contribution in [3.8, 4) is 0 Å². The number of hydrogen-bond acceptors (Lipinski definition) is 4. The first kappa shape index (κ1) is 14.0. The molecule has 1 aromatic carbocycles. The van der Waals surface area contributed by atoms with Gasteiger partial charge in [0, 0.05) is 17.8 Å². The van der Waals surface area contributed by atoms with Crippen LogP contribution in [0.2, 0.25) is 5.02 Å². The standard InChI is InChI=1S/C13H13ClN2O2S/c1-8-12(19-11(15-8)7-18-2)13(17)16-10-5-3-9(14)4-6-10/h3-6H,7H2,1-2H3,(H,16,17). The van der Waals surface area contributed by atoms with Crippen LogP contribution in [0.25, 0.3) is 0 Å². The van der Waals surface area contributed by atoms with Gasteiger partial charge in [-0.3, -0.25) is 4.79 Å². The number of carbonyl (C=O) groups excluding carboxylic acids is 1. The zero-order chi connectivity index (χ0) is 13.8. The highest BCUT2D eigenvalue weighted by molar-refractivity contribution is 7.13. The van der Waals surface area contributed by atoms with E-state index in [-0.39, 0.29) is 5.91 Å². The van der Waals surface area contributed by atoms with Crippen molar-refractivity contribution in [2.45, 2.75) is 13.5 Å². The van der Waals surface area contributed by atoms with Crippen molar-refractivity contribution < 1.29 is 9.53 Å². The van der Waals surface area contributed by atoms with E-state index in [0.717, 1.165) is 5.01 Å². The number of aromatic nitrogens is 1. The highest BCUT2D eigenvalue weighted by atomic mass is 35.5. The summed E-state index contributed by atoms with van der Waals surface area (Å²) in [6.45, 7) is 2.23. The van der Waals surface area contributed by atoms with Gasteiger partial charge in [0.25, 0.3) is 5.91 Å². The van der Waals surface area contributed by atoms with E-state index in [4.69, 9.17) is 16.3 Å². The van der Waals surface area contributed by atoms with Crippen LogP contribution in [0, 0.1) is 6.92 Å². The van der Waals surface area contributed by atoms with E-state index in [1.165, 1.54) is 11.3 Å². The predicted octanol–water partition coefficient (Wildman–Crippen LogP) is 3.50. The SMILES string of the molecule is COCc1nc(C)c(C(=O)Nc2ccc(Cl)cc2)s1. The second kappa shape index (κ2) is 6.14. The van der Waals surface area contributed by atoms with Gasteiger partial charge in [0.2, 0.25) is 0 Å². The average molecular weight is 297 g/mol. The maximum absolute atomic E-state index is 12.1. The van der Waals surface area contributed by atoms with Crippen molar-refractivity contribution in [2.75, 3.05) is 12.4 Å². The Labute approximate surface area is 120 Å². The van der Waals surface area contributed by atoms with Crippen LogP contribution in [-0.4, -0.2) is 18.0 Å². The van der Waals surface area contributed by atoms with Crippen LogP contribution in [-0.2, 0) is 11.3 Å². The van der Waals surface area contributed by atoms with E-state index in [1.807, 2.05) is 6.92 Å². The van der Waals surface area contributed by atoms with Crippen molar-refractivity contribution in [2.24, 2.45) is 0 Å². The number of anilines is 1. The summed E-state index contributed by atoms with van der Waals surface area (Å²) in [6, 6.07) is 6.97. The topological polar surface area (TPSA) is 51.2 Å². The summed E-state index contributed by atoms with van der Waals surface area (Å²) in [5.74, 6) is -0.167. The number of ether oxygens (including phenoxy) is 1. The summed E-state index contributed by atoms with van der Waals surface area (Å²) in [5.41, 5.74) is 1.42. The summed E-state index contributed by atoms with van der Waals surface area (Å²) in [7, 11) is 1.60. The minimum Gasteiger partial charge on any atom is -0.378 e. The Morgan fingerprint density at radius 1 is 1.42 bits per heavy atom. The van der Waals surface area contributed by atoms with Crippen LogP contribution in [0.1, 0.15) is 20.4 Å². The number of amides is 1. The van der Waals surface area contributed by atoms with E-state index < -0.39 is 0 Å². The van der Waals surface area contributed by atoms with Crippen molar-refractivity contribution in [3.05, 3.63) is 44.9 Å². The van der Waals surface area contributed by atoms with Gasteiger partial charge in [0.1, 0.15) is 9.88 Å². The Balaban J connectivity index is 2.13. The Morgan fingerprint density at radius 3 is 2.74 bits per heavy atom. The lowest BCUT2D eigenvalue weighted by molar-refractivity contribution is 0.103. The molecule has 0 fully saturated rings. The Morgan fingerprint density at radius 2 is 2.11 bits per heavy atom. The molecule has 19 heavy (non-hydrogen) atoms. The molecule has 4 nitrogen and oxygen atoms in total. The molecule has 1 N–H and O–H groups in total. The first-order chi connectivity index (χ1) is 9.10. The van der Waals surface area contributed by atoms with E-state index in [1.54, 1.807) is 31.4 Å². The molecule has 1 aromatic heterocycles. The minimum atomic E-state index is -0.167. The summed E-state index contributed by atoms with van der Waals surface area (Å²) < 4.78 is 5.01. The molecule has 0 bridgehead atoms. The number of nitrogens with one attached hydrogen (secondary N) is 1. The highest BCUT2D eigenvalue weighted by Crippen LogP contribution is 2.21. The third-order valence-electron chi connectivity index (χ3n) is 2.42. The molecule has 2 aromatic rings. The van der Waals surface area contributed by atoms with E-state index in [9.17, 15) is 4.79 Å². The van der Waals surface area contributed by atoms with Gasteiger partial charge in [-0.15, -0.1) is 11.3 Å². The maximum atomic E-state index is 12.1. The van der Waals surface area contributed by atoms with E-state index in [0.29, 0.717) is 27.9 Å². The largest absolute Gasteiger partial charge is 0.378 e. The van der Waals surface area contributed by atoms with Gasteiger partial charge in [0.05, 0.1) is 12.3 Å². The normalized spacial score (nSPS) is 10.5. The number of thiazole rings is 1. The zero-order valence-electron chi connectivity index (χ0n) is 10.6. The third-order valence-corrected chi connectivity index (χ3v) is 3.80. The number of benzene rings is 1. The molecule has 0 aliphatic heterocycles. The van der Waals surface area contributed by atoms with Crippen LogP contribution in [0.15, 0.2) is 24.3 Å². The number of hydrogen-bond donors (Lipinski definition) is 1. The fourth-order valence-electron chi connectivity index (χ4n) is 1.57. The molecule has 1 heterocycles. The summed E-state index contributed by atoms with van der Waals surface area (Å²) in [5, 5.41) is 4.24. The van der Waals surface area contributed by atoms with Crippen molar-refractivity contribution in [1.82, 2.24) is 4.98 Å². The second-order valence-electron chi connectivity index (χ2n) is 3.92. The molecule has 0 aliphatic rings. The summed E-state index contributed by atoms with van der Waals surface area (Å²) in [4.78, 5) is 17.0. The minimum absolute atomic E-state index is 0.167. The van der Waals surface area contributed by atoms with Gasteiger partial charge < -0.3 is 10.1 Å². The van der Waals surface area contributed by atoms with E-state index >= 15 is 0 Å². The summed E-state index contributed by atoms with van der Waals surface area (Å²) >= 11 is 7.13. The average Bonchev–Trinajstić information content (AvgIpc) is 2.74. The quantitative estimate of drug-likeness (QED) is 0.939. The third kappa shape index (κ3) is 3.53. The van der Waals surface area contributed by atoms with Gasteiger partial charge in [-0.05, 0) is 31.2 Å². The van der Waals surface area contributed by atoms with E-state index in [2.05, 4.69) is 10.3 Å². The van der Waals surface area contributed by atoms with Crippen molar-refractivity contribution >= 4 is 34.5 Å². The monoisotopic (exact) mass is 296 g/mol. The molecule has 0 radical (unpaired) electrons. The molecule has 0 aliphatic carbocycles. The van der Waals surface area contributed by atoms with Crippen LogP contribution < -0.4 is 5.32 Å². The van der Waals surface area contributed by atoms with Crippen LogP contribution in [0.5, 0.6) is 0 Å². The first-order valence-corrected chi connectivity index (χ1v) is 6.81. The molecule has 0 saturated heterocycles. The Bertz CT molecular complexity index is 581. The molecule has 0 saturated carbocycles.